The Morgan fingerprint density at radius 2 is 2.22 bits per heavy atom. The molecule has 5 heteroatoms. The maximum Gasteiger partial charge on any atom is 0.247 e. The smallest absolute Gasteiger partial charge is 0.247 e. The first-order chi connectivity index (χ1) is 8.78. The van der Waals surface area contributed by atoms with Crippen molar-refractivity contribution in [1.29, 1.82) is 0 Å². The van der Waals surface area contributed by atoms with Crippen LogP contribution in [0, 0.1) is 0 Å². The number of hydrogen-bond donors (Lipinski definition) is 0. The fourth-order valence-electron chi connectivity index (χ4n) is 1.82. The molecule has 1 aliphatic carbocycles. The van der Waals surface area contributed by atoms with Crippen LogP contribution in [0.25, 0.3) is 11.5 Å². The van der Waals surface area contributed by atoms with Crippen LogP contribution in [0.1, 0.15) is 30.2 Å². The Kier molecular flexibility index (Phi) is 3.18. The lowest BCUT2D eigenvalue weighted by Crippen LogP contribution is -1.90. The topological polar surface area (TPSA) is 48.2 Å². The minimum Gasteiger partial charge on any atom is -0.420 e. The Morgan fingerprint density at radius 1 is 1.39 bits per heavy atom. The molecule has 0 amide bonds. The Hall–Kier alpha value is -1.20. The van der Waals surface area contributed by atoms with Gasteiger partial charge in [-0.15, -0.1) is 10.2 Å². The molecule has 1 aliphatic rings. The summed E-state index contributed by atoms with van der Waals surface area (Å²) >= 11 is 3.50. The summed E-state index contributed by atoms with van der Waals surface area (Å²) in [5, 5.41) is 8.20. The van der Waals surface area contributed by atoms with Gasteiger partial charge in [0.15, 0.2) is 0 Å². The van der Waals surface area contributed by atoms with E-state index in [9.17, 15) is 0 Å². The van der Waals surface area contributed by atoms with Gasteiger partial charge in [-0.3, -0.25) is 0 Å². The van der Waals surface area contributed by atoms with Crippen molar-refractivity contribution in [1.82, 2.24) is 10.2 Å². The largest absolute Gasteiger partial charge is 0.420 e. The monoisotopic (exact) mass is 308 g/mol. The lowest BCUT2D eigenvalue weighted by Gasteiger charge is -2.04. The van der Waals surface area contributed by atoms with Gasteiger partial charge in [0.2, 0.25) is 11.8 Å². The van der Waals surface area contributed by atoms with E-state index in [0.717, 1.165) is 34.3 Å². The number of methoxy groups -OCH3 is 1. The van der Waals surface area contributed by atoms with Crippen LogP contribution in [0.15, 0.2) is 27.1 Å². The molecule has 0 spiro atoms. The number of benzene rings is 1. The van der Waals surface area contributed by atoms with Crippen molar-refractivity contribution in [3.8, 4) is 11.5 Å². The van der Waals surface area contributed by atoms with E-state index in [1.165, 1.54) is 0 Å². The molecular formula is C13H13BrN2O2. The summed E-state index contributed by atoms with van der Waals surface area (Å²) in [4.78, 5) is 0. The van der Waals surface area contributed by atoms with Crippen molar-refractivity contribution < 1.29 is 9.15 Å². The average molecular weight is 309 g/mol. The molecular weight excluding hydrogens is 296 g/mol. The van der Waals surface area contributed by atoms with Gasteiger partial charge in [0.05, 0.1) is 6.61 Å². The zero-order chi connectivity index (χ0) is 12.5. The van der Waals surface area contributed by atoms with Crippen LogP contribution in [0.5, 0.6) is 0 Å². The summed E-state index contributed by atoms with van der Waals surface area (Å²) in [6.45, 7) is 0.554. The molecule has 2 aromatic rings. The van der Waals surface area contributed by atoms with Crippen molar-refractivity contribution in [2.45, 2.75) is 25.4 Å². The van der Waals surface area contributed by atoms with Gasteiger partial charge in [-0.25, -0.2) is 0 Å². The third-order valence-electron chi connectivity index (χ3n) is 2.96. The standard InChI is InChI=1S/C13H13BrN2O2/c1-17-7-10-6-9(4-5-11(10)14)13-16-15-12(18-13)8-2-3-8/h4-6,8H,2-3,7H2,1H3. The molecule has 0 unspecified atom stereocenters. The van der Waals surface area contributed by atoms with Crippen molar-refractivity contribution in [3.05, 3.63) is 34.1 Å². The maximum atomic E-state index is 5.69. The van der Waals surface area contributed by atoms with E-state index < -0.39 is 0 Å². The van der Waals surface area contributed by atoms with Gasteiger partial charge >= 0.3 is 0 Å². The predicted molar refractivity (Wildman–Crippen MR) is 70.1 cm³/mol. The Bertz CT molecular complexity index is 564. The molecule has 1 aromatic carbocycles. The molecule has 0 saturated heterocycles. The highest BCUT2D eigenvalue weighted by atomic mass is 79.9. The molecule has 94 valence electrons. The molecule has 0 radical (unpaired) electrons. The number of ether oxygens (including phenoxy) is 1. The van der Waals surface area contributed by atoms with E-state index in [4.69, 9.17) is 9.15 Å². The van der Waals surface area contributed by atoms with Gasteiger partial charge in [-0.1, -0.05) is 15.9 Å². The van der Waals surface area contributed by atoms with Crippen molar-refractivity contribution >= 4 is 15.9 Å². The minimum absolute atomic E-state index is 0.486. The van der Waals surface area contributed by atoms with Crippen molar-refractivity contribution in [2.75, 3.05) is 7.11 Å². The number of aromatic nitrogens is 2. The molecule has 1 fully saturated rings. The van der Waals surface area contributed by atoms with Gasteiger partial charge < -0.3 is 9.15 Å². The van der Waals surface area contributed by atoms with Crippen LogP contribution in [-0.2, 0) is 11.3 Å². The Balaban J connectivity index is 1.91. The Labute approximate surface area is 113 Å². The van der Waals surface area contributed by atoms with E-state index >= 15 is 0 Å². The second kappa shape index (κ2) is 4.82. The fraction of sp³-hybridized carbons (Fsp3) is 0.385. The zero-order valence-electron chi connectivity index (χ0n) is 10.0. The molecule has 4 nitrogen and oxygen atoms in total. The van der Waals surface area contributed by atoms with Crippen LogP contribution < -0.4 is 0 Å². The normalized spacial score (nSPS) is 15.0. The van der Waals surface area contributed by atoms with Crippen molar-refractivity contribution in [2.24, 2.45) is 0 Å². The van der Waals surface area contributed by atoms with Crippen molar-refractivity contribution in [3.63, 3.8) is 0 Å². The first-order valence-corrected chi connectivity index (χ1v) is 6.68. The predicted octanol–water partition coefficient (Wildman–Crippen LogP) is 3.52. The van der Waals surface area contributed by atoms with E-state index in [1.807, 2.05) is 18.2 Å². The summed E-state index contributed by atoms with van der Waals surface area (Å²) in [7, 11) is 1.68. The lowest BCUT2D eigenvalue weighted by atomic mass is 10.1. The van der Waals surface area contributed by atoms with Gasteiger partial charge in [-0.2, -0.15) is 0 Å². The molecule has 18 heavy (non-hydrogen) atoms. The summed E-state index contributed by atoms with van der Waals surface area (Å²) in [6, 6.07) is 5.95. The third-order valence-corrected chi connectivity index (χ3v) is 3.73. The highest BCUT2D eigenvalue weighted by molar-refractivity contribution is 9.10. The van der Waals surface area contributed by atoms with Crippen LogP contribution >= 0.6 is 15.9 Å². The highest BCUT2D eigenvalue weighted by Crippen LogP contribution is 2.40. The van der Waals surface area contributed by atoms with E-state index in [0.29, 0.717) is 18.4 Å². The molecule has 1 aromatic heterocycles. The first-order valence-electron chi connectivity index (χ1n) is 5.89. The SMILES string of the molecule is COCc1cc(-c2nnc(C3CC3)o2)ccc1Br. The minimum atomic E-state index is 0.486. The van der Waals surface area contributed by atoms with Gasteiger partial charge in [0.1, 0.15) is 0 Å². The van der Waals surface area contributed by atoms with E-state index in [2.05, 4.69) is 26.1 Å². The molecule has 3 rings (SSSR count). The number of hydrogen-bond acceptors (Lipinski definition) is 4. The van der Waals surface area contributed by atoms with Crippen LogP contribution in [0.3, 0.4) is 0 Å². The molecule has 0 atom stereocenters. The number of halogens is 1. The highest BCUT2D eigenvalue weighted by Gasteiger charge is 2.29. The number of rotatable bonds is 4. The fourth-order valence-corrected chi connectivity index (χ4v) is 2.18. The molecule has 1 heterocycles. The van der Waals surface area contributed by atoms with Gasteiger partial charge in [0.25, 0.3) is 0 Å². The first kappa shape index (κ1) is 11.9. The van der Waals surface area contributed by atoms with Gasteiger partial charge in [-0.05, 0) is 36.6 Å². The molecule has 0 bridgehead atoms. The van der Waals surface area contributed by atoms with Crippen LogP contribution in [-0.4, -0.2) is 17.3 Å². The van der Waals surface area contributed by atoms with Crippen LogP contribution in [0.2, 0.25) is 0 Å². The summed E-state index contributed by atoms with van der Waals surface area (Å²) in [5.74, 6) is 1.84. The Morgan fingerprint density at radius 3 is 2.94 bits per heavy atom. The molecule has 1 saturated carbocycles. The molecule has 0 N–H and O–H groups in total. The third kappa shape index (κ3) is 2.33. The lowest BCUT2D eigenvalue weighted by molar-refractivity contribution is 0.184. The van der Waals surface area contributed by atoms with E-state index in [-0.39, 0.29) is 0 Å². The quantitative estimate of drug-likeness (QED) is 0.867. The van der Waals surface area contributed by atoms with Gasteiger partial charge in [0, 0.05) is 23.1 Å². The zero-order valence-corrected chi connectivity index (χ0v) is 11.6. The van der Waals surface area contributed by atoms with Crippen LogP contribution in [0.4, 0.5) is 0 Å². The van der Waals surface area contributed by atoms with E-state index in [1.54, 1.807) is 7.11 Å². The second-order valence-electron chi connectivity index (χ2n) is 4.46. The average Bonchev–Trinajstić information content (AvgIpc) is 3.11. The summed E-state index contributed by atoms with van der Waals surface area (Å²) in [6.07, 6.45) is 2.33. The maximum absolute atomic E-state index is 5.69. The molecule has 0 aliphatic heterocycles. The summed E-state index contributed by atoms with van der Waals surface area (Å²) in [5.41, 5.74) is 2.01. The number of nitrogens with zero attached hydrogens (tertiary/aromatic N) is 2. The second-order valence-corrected chi connectivity index (χ2v) is 5.31. The summed E-state index contributed by atoms with van der Waals surface area (Å²) < 4.78 is 11.9.